The van der Waals surface area contributed by atoms with E-state index in [1.165, 1.54) is 24.3 Å². The Morgan fingerprint density at radius 3 is 2.30 bits per heavy atom. The predicted octanol–water partition coefficient (Wildman–Crippen LogP) is 1.27. The molecule has 0 fully saturated rings. The molecule has 1 rings (SSSR count). The van der Waals surface area contributed by atoms with E-state index in [-0.39, 0.29) is 30.2 Å². The third-order valence-electron chi connectivity index (χ3n) is 2.52. The Morgan fingerprint density at radius 2 is 1.75 bits per heavy atom. The number of amides is 2. The Labute approximate surface area is 117 Å². The van der Waals surface area contributed by atoms with E-state index < -0.39 is 6.04 Å². The van der Waals surface area contributed by atoms with Gasteiger partial charge in [0.15, 0.2) is 0 Å². The summed E-state index contributed by atoms with van der Waals surface area (Å²) >= 11 is 0. The molecule has 1 atom stereocenters. The average Bonchev–Trinajstić information content (AvgIpc) is 2.38. The van der Waals surface area contributed by atoms with Gasteiger partial charge in [-0.2, -0.15) is 0 Å². The smallest absolute Gasteiger partial charge is 0.238 e. The van der Waals surface area contributed by atoms with Gasteiger partial charge in [0.2, 0.25) is 11.8 Å². The van der Waals surface area contributed by atoms with Crippen molar-refractivity contribution in [2.75, 3.05) is 11.9 Å². The third-order valence-corrected chi connectivity index (χ3v) is 2.52. The molecule has 6 heteroatoms. The number of carbonyl (C=O) groups excluding carboxylic acids is 2. The normalized spacial score (nSPS) is 12.1. The van der Waals surface area contributed by atoms with Crippen LogP contribution < -0.4 is 16.0 Å². The van der Waals surface area contributed by atoms with E-state index in [9.17, 15) is 14.0 Å². The zero-order valence-electron chi connectivity index (χ0n) is 11.9. The van der Waals surface area contributed by atoms with Crippen molar-refractivity contribution >= 4 is 17.5 Å². The summed E-state index contributed by atoms with van der Waals surface area (Å²) in [5.74, 6) is -0.810. The quantitative estimate of drug-likeness (QED) is 0.735. The molecule has 2 amide bonds. The van der Waals surface area contributed by atoms with Crippen LogP contribution in [0.1, 0.15) is 20.8 Å². The summed E-state index contributed by atoms with van der Waals surface area (Å²) in [6.07, 6.45) is 0. The lowest BCUT2D eigenvalue weighted by molar-refractivity contribution is -0.123. The molecule has 5 nitrogen and oxygen atoms in total. The first-order valence-corrected chi connectivity index (χ1v) is 6.47. The van der Waals surface area contributed by atoms with E-state index in [0.717, 1.165) is 0 Å². The molecule has 0 saturated heterocycles. The summed E-state index contributed by atoms with van der Waals surface area (Å²) in [4.78, 5) is 23.3. The van der Waals surface area contributed by atoms with Crippen LogP contribution in [-0.2, 0) is 9.59 Å². The van der Waals surface area contributed by atoms with Crippen LogP contribution in [-0.4, -0.2) is 30.4 Å². The molecule has 0 aliphatic carbocycles. The summed E-state index contributed by atoms with van der Waals surface area (Å²) < 4.78 is 12.7. The molecule has 0 saturated carbocycles. The van der Waals surface area contributed by atoms with Crippen LogP contribution in [0.25, 0.3) is 0 Å². The molecule has 0 aromatic heterocycles. The maximum absolute atomic E-state index is 12.7. The van der Waals surface area contributed by atoms with Gasteiger partial charge in [-0.3, -0.25) is 14.9 Å². The van der Waals surface area contributed by atoms with Crippen LogP contribution in [0.5, 0.6) is 0 Å². The van der Waals surface area contributed by atoms with Gasteiger partial charge >= 0.3 is 0 Å². The Hall–Kier alpha value is -1.95. The third kappa shape index (κ3) is 5.79. The molecule has 20 heavy (non-hydrogen) atoms. The van der Waals surface area contributed by atoms with Crippen molar-refractivity contribution in [2.45, 2.75) is 32.9 Å². The Balaban J connectivity index is 2.36. The number of hydrogen-bond donors (Lipinski definition) is 3. The molecular weight excluding hydrogens is 261 g/mol. The summed E-state index contributed by atoms with van der Waals surface area (Å²) in [6.45, 7) is 5.42. The summed E-state index contributed by atoms with van der Waals surface area (Å²) in [5, 5.41) is 8.17. The summed E-state index contributed by atoms with van der Waals surface area (Å²) in [5.41, 5.74) is 0.512. The molecule has 0 bridgehead atoms. The highest BCUT2D eigenvalue weighted by molar-refractivity contribution is 5.92. The summed E-state index contributed by atoms with van der Waals surface area (Å²) in [6, 6.07) is 5.07. The fraction of sp³-hybridized carbons (Fsp3) is 0.429. The summed E-state index contributed by atoms with van der Waals surface area (Å²) in [7, 11) is 0. The number of hydrogen-bond acceptors (Lipinski definition) is 3. The van der Waals surface area contributed by atoms with Crippen molar-refractivity contribution in [3.8, 4) is 0 Å². The zero-order valence-corrected chi connectivity index (χ0v) is 11.9. The SMILES string of the molecule is CC(C)NC(=O)C(C)NCC(=O)Nc1ccc(F)cc1. The number of halogens is 1. The van der Waals surface area contributed by atoms with Gasteiger partial charge in [-0.1, -0.05) is 0 Å². The van der Waals surface area contributed by atoms with Crippen LogP contribution >= 0.6 is 0 Å². The van der Waals surface area contributed by atoms with Gasteiger partial charge in [-0.15, -0.1) is 0 Å². The zero-order chi connectivity index (χ0) is 15.1. The molecule has 0 aliphatic heterocycles. The first-order valence-electron chi connectivity index (χ1n) is 6.47. The molecule has 3 N–H and O–H groups in total. The number of carbonyl (C=O) groups is 2. The van der Waals surface area contributed by atoms with E-state index in [0.29, 0.717) is 5.69 Å². The van der Waals surface area contributed by atoms with Crippen LogP contribution in [0.4, 0.5) is 10.1 Å². The largest absolute Gasteiger partial charge is 0.353 e. The molecule has 1 aromatic carbocycles. The minimum atomic E-state index is -0.462. The molecule has 110 valence electrons. The van der Waals surface area contributed by atoms with Crippen LogP contribution in [0.2, 0.25) is 0 Å². The van der Waals surface area contributed by atoms with Crippen LogP contribution in [0, 0.1) is 5.82 Å². The van der Waals surface area contributed by atoms with Crippen LogP contribution in [0.3, 0.4) is 0 Å². The first kappa shape index (κ1) is 16.1. The van der Waals surface area contributed by atoms with Gasteiger partial charge in [0, 0.05) is 11.7 Å². The molecule has 1 aromatic rings. The standard InChI is InChI=1S/C14H20FN3O2/c1-9(2)17-14(20)10(3)16-8-13(19)18-12-6-4-11(15)5-7-12/h4-7,9-10,16H,8H2,1-3H3,(H,17,20)(H,18,19). The molecule has 1 unspecified atom stereocenters. The van der Waals surface area contributed by atoms with Crippen LogP contribution in [0.15, 0.2) is 24.3 Å². The number of benzene rings is 1. The van der Waals surface area contributed by atoms with Gasteiger partial charge in [0.1, 0.15) is 5.82 Å². The van der Waals surface area contributed by atoms with E-state index in [4.69, 9.17) is 0 Å². The minimum absolute atomic E-state index is 0.00403. The molecule has 0 aliphatic rings. The lowest BCUT2D eigenvalue weighted by Gasteiger charge is -2.15. The monoisotopic (exact) mass is 281 g/mol. The Bertz CT molecular complexity index is 460. The Kier molecular flexibility index (Phi) is 6.11. The van der Waals surface area contributed by atoms with Crippen molar-refractivity contribution in [3.05, 3.63) is 30.1 Å². The average molecular weight is 281 g/mol. The van der Waals surface area contributed by atoms with Gasteiger partial charge in [-0.05, 0) is 45.0 Å². The van der Waals surface area contributed by atoms with E-state index in [1.807, 2.05) is 13.8 Å². The fourth-order valence-corrected chi connectivity index (χ4v) is 1.49. The van der Waals surface area contributed by atoms with Crippen molar-refractivity contribution in [1.29, 1.82) is 0 Å². The van der Waals surface area contributed by atoms with E-state index in [2.05, 4.69) is 16.0 Å². The number of nitrogens with one attached hydrogen (secondary N) is 3. The molecule has 0 heterocycles. The topological polar surface area (TPSA) is 70.2 Å². The van der Waals surface area contributed by atoms with E-state index in [1.54, 1.807) is 6.92 Å². The minimum Gasteiger partial charge on any atom is -0.353 e. The van der Waals surface area contributed by atoms with Gasteiger partial charge in [-0.25, -0.2) is 4.39 Å². The van der Waals surface area contributed by atoms with Crippen molar-refractivity contribution in [3.63, 3.8) is 0 Å². The maximum Gasteiger partial charge on any atom is 0.238 e. The highest BCUT2D eigenvalue weighted by Gasteiger charge is 2.14. The predicted molar refractivity (Wildman–Crippen MR) is 75.8 cm³/mol. The highest BCUT2D eigenvalue weighted by Crippen LogP contribution is 2.07. The molecule has 0 spiro atoms. The van der Waals surface area contributed by atoms with Crippen molar-refractivity contribution < 1.29 is 14.0 Å². The van der Waals surface area contributed by atoms with Crippen molar-refractivity contribution in [2.24, 2.45) is 0 Å². The lowest BCUT2D eigenvalue weighted by Crippen LogP contribution is -2.46. The first-order chi connectivity index (χ1) is 9.38. The Morgan fingerprint density at radius 1 is 1.15 bits per heavy atom. The van der Waals surface area contributed by atoms with Crippen molar-refractivity contribution in [1.82, 2.24) is 10.6 Å². The number of rotatable bonds is 6. The second kappa shape index (κ2) is 7.59. The van der Waals surface area contributed by atoms with Gasteiger partial charge < -0.3 is 10.6 Å². The van der Waals surface area contributed by atoms with Gasteiger partial charge in [0.25, 0.3) is 0 Å². The number of anilines is 1. The highest BCUT2D eigenvalue weighted by atomic mass is 19.1. The van der Waals surface area contributed by atoms with E-state index >= 15 is 0 Å². The second-order valence-electron chi connectivity index (χ2n) is 4.82. The molecular formula is C14H20FN3O2. The lowest BCUT2D eigenvalue weighted by atomic mass is 10.2. The maximum atomic E-state index is 12.7. The fourth-order valence-electron chi connectivity index (χ4n) is 1.49. The van der Waals surface area contributed by atoms with Gasteiger partial charge in [0.05, 0.1) is 12.6 Å². The molecule has 0 radical (unpaired) electrons. The second-order valence-corrected chi connectivity index (χ2v) is 4.82.